The van der Waals surface area contributed by atoms with Crippen molar-refractivity contribution >= 4 is 17.1 Å². The van der Waals surface area contributed by atoms with E-state index < -0.39 is 0 Å². The molecule has 5 heteroatoms. The molecule has 3 aromatic heterocycles. The van der Waals surface area contributed by atoms with Gasteiger partial charge in [-0.05, 0) is 53.6 Å². The van der Waals surface area contributed by atoms with Gasteiger partial charge in [-0.15, -0.1) is 11.3 Å². The number of pyridine rings is 1. The van der Waals surface area contributed by atoms with E-state index >= 15 is 0 Å². The van der Waals surface area contributed by atoms with Crippen LogP contribution in [0.25, 0.3) is 21.6 Å². The lowest BCUT2D eigenvalue weighted by Crippen LogP contribution is -1.95. The molecule has 0 aliphatic heterocycles. The molecule has 1 aromatic carbocycles. The minimum Gasteiger partial charge on any atom is -0.461 e. The van der Waals surface area contributed by atoms with Crippen LogP contribution in [0.4, 0.5) is 4.39 Å². The highest BCUT2D eigenvalue weighted by atomic mass is 32.1. The van der Waals surface area contributed by atoms with Crippen LogP contribution in [0.1, 0.15) is 15.4 Å². The van der Waals surface area contributed by atoms with Gasteiger partial charge < -0.3 is 4.42 Å². The number of ketones is 1. The number of carbonyl (C=O) groups is 1. The van der Waals surface area contributed by atoms with Crippen LogP contribution in [-0.4, -0.2) is 10.8 Å². The summed E-state index contributed by atoms with van der Waals surface area (Å²) < 4.78 is 18.5. The predicted octanol–water partition coefficient (Wildman–Crippen LogP) is 5.44. The fourth-order valence-corrected chi connectivity index (χ4v) is 3.72. The summed E-state index contributed by atoms with van der Waals surface area (Å²) in [7, 11) is 0. The van der Waals surface area contributed by atoms with E-state index in [-0.39, 0.29) is 11.6 Å². The quantitative estimate of drug-likeness (QED) is 0.461. The Balaban J connectivity index is 1.86. The lowest BCUT2D eigenvalue weighted by Gasteiger charge is -2.04. The van der Waals surface area contributed by atoms with E-state index in [9.17, 15) is 9.18 Å². The second-order valence-corrected chi connectivity index (χ2v) is 6.45. The van der Waals surface area contributed by atoms with E-state index in [1.54, 1.807) is 36.7 Å². The van der Waals surface area contributed by atoms with E-state index in [4.69, 9.17) is 4.42 Å². The van der Waals surface area contributed by atoms with Crippen molar-refractivity contribution in [2.45, 2.75) is 0 Å². The lowest BCUT2D eigenvalue weighted by molar-refractivity contribution is 0.101. The number of hydrogen-bond donors (Lipinski definition) is 0. The minimum absolute atomic E-state index is 0.168. The monoisotopic (exact) mass is 349 g/mol. The summed E-state index contributed by atoms with van der Waals surface area (Å²) >= 11 is 1.37. The molecule has 0 spiro atoms. The van der Waals surface area contributed by atoms with Gasteiger partial charge in [-0.1, -0.05) is 12.1 Å². The fourth-order valence-electron chi connectivity index (χ4n) is 2.59. The largest absolute Gasteiger partial charge is 0.461 e. The fraction of sp³-hybridized carbons (Fsp3) is 0. The average Bonchev–Trinajstić information content (AvgIpc) is 3.33. The molecule has 0 aliphatic rings. The van der Waals surface area contributed by atoms with Crippen molar-refractivity contribution in [3.63, 3.8) is 0 Å². The molecule has 0 radical (unpaired) electrons. The standard InChI is InChI=1S/C20H12FNO2S/c21-15-5-3-14(4-6-15)20-16(13-7-9-22-10-8-13)12-18(25-20)19(23)17-2-1-11-24-17/h1-12H. The second kappa shape index (κ2) is 6.45. The normalized spacial score (nSPS) is 10.8. The van der Waals surface area contributed by atoms with Crippen molar-refractivity contribution in [1.82, 2.24) is 4.98 Å². The SMILES string of the molecule is O=C(c1ccco1)c1cc(-c2ccncc2)c(-c2ccc(F)cc2)s1. The first-order valence-corrected chi connectivity index (χ1v) is 8.42. The molecule has 0 atom stereocenters. The van der Waals surface area contributed by atoms with Crippen molar-refractivity contribution in [3.8, 4) is 21.6 Å². The number of halogens is 1. The Labute approximate surface area is 147 Å². The summed E-state index contributed by atoms with van der Waals surface area (Å²) in [5, 5.41) is 0. The third-order valence-electron chi connectivity index (χ3n) is 3.80. The maximum Gasteiger partial charge on any atom is 0.238 e. The first-order chi connectivity index (χ1) is 12.2. The van der Waals surface area contributed by atoms with Gasteiger partial charge in [-0.2, -0.15) is 0 Å². The molecule has 3 nitrogen and oxygen atoms in total. The maximum absolute atomic E-state index is 13.3. The predicted molar refractivity (Wildman–Crippen MR) is 95.1 cm³/mol. The van der Waals surface area contributed by atoms with Crippen molar-refractivity contribution in [1.29, 1.82) is 0 Å². The van der Waals surface area contributed by atoms with E-state index in [1.807, 2.05) is 18.2 Å². The molecular formula is C20H12FNO2S. The van der Waals surface area contributed by atoms with Crippen molar-refractivity contribution in [2.75, 3.05) is 0 Å². The Hall–Kier alpha value is -3.05. The molecule has 0 unspecified atom stereocenters. The molecule has 0 saturated heterocycles. The molecule has 4 aromatic rings. The molecule has 0 bridgehead atoms. The molecule has 0 saturated carbocycles. The smallest absolute Gasteiger partial charge is 0.238 e. The van der Waals surface area contributed by atoms with Crippen LogP contribution in [0, 0.1) is 5.82 Å². The first kappa shape index (κ1) is 15.5. The van der Waals surface area contributed by atoms with Crippen LogP contribution in [0.5, 0.6) is 0 Å². The molecule has 0 aliphatic carbocycles. The Morgan fingerprint density at radius 2 is 1.76 bits per heavy atom. The zero-order valence-electron chi connectivity index (χ0n) is 13.0. The van der Waals surface area contributed by atoms with Gasteiger partial charge in [-0.25, -0.2) is 4.39 Å². The van der Waals surface area contributed by atoms with Gasteiger partial charge in [0.25, 0.3) is 0 Å². The Bertz CT molecular complexity index is 1010. The number of thiophene rings is 1. The molecular weight excluding hydrogens is 337 g/mol. The van der Waals surface area contributed by atoms with E-state index in [0.29, 0.717) is 10.6 Å². The summed E-state index contributed by atoms with van der Waals surface area (Å²) in [4.78, 5) is 18.1. The summed E-state index contributed by atoms with van der Waals surface area (Å²) in [6.45, 7) is 0. The highest BCUT2D eigenvalue weighted by Crippen LogP contribution is 2.40. The molecule has 4 rings (SSSR count). The number of aromatic nitrogens is 1. The molecule has 122 valence electrons. The molecule has 0 N–H and O–H groups in total. The van der Waals surface area contributed by atoms with Crippen LogP contribution >= 0.6 is 11.3 Å². The number of nitrogens with zero attached hydrogens (tertiary/aromatic N) is 1. The van der Waals surface area contributed by atoms with Gasteiger partial charge in [-0.3, -0.25) is 9.78 Å². The zero-order chi connectivity index (χ0) is 17.2. The third kappa shape index (κ3) is 3.02. The summed E-state index contributed by atoms with van der Waals surface area (Å²) in [5.74, 6) is -0.162. The van der Waals surface area contributed by atoms with Crippen LogP contribution in [0.15, 0.2) is 77.7 Å². The Morgan fingerprint density at radius 1 is 1.00 bits per heavy atom. The number of furan rings is 1. The van der Waals surface area contributed by atoms with Gasteiger partial charge in [0.05, 0.1) is 11.1 Å². The highest BCUT2D eigenvalue weighted by Gasteiger charge is 2.20. The highest BCUT2D eigenvalue weighted by molar-refractivity contribution is 7.18. The average molecular weight is 349 g/mol. The summed E-state index contributed by atoms with van der Waals surface area (Å²) in [6.07, 6.45) is 4.89. The number of hydrogen-bond acceptors (Lipinski definition) is 4. The third-order valence-corrected chi connectivity index (χ3v) is 4.98. The van der Waals surface area contributed by atoms with Gasteiger partial charge in [0.15, 0.2) is 5.76 Å². The Kier molecular flexibility index (Phi) is 3.99. The van der Waals surface area contributed by atoms with Gasteiger partial charge >= 0.3 is 0 Å². The van der Waals surface area contributed by atoms with Crippen molar-refractivity contribution in [2.24, 2.45) is 0 Å². The number of benzene rings is 1. The van der Waals surface area contributed by atoms with Gasteiger partial charge in [0, 0.05) is 22.8 Å². The Morgan fingerprint density at radius 3 is 2.44 bits per heavy atom. The van der Waals surface area contributed by atoms with Gasteiger partial charge in [0.2, 0.25) is 5.78 Å². The number of rotatable bonds is 4. The summed E-state index contributed by atoms with van der Waals surface area (Å²) in [5.41, 5.74) is 2.72. The van der Waals surface area contributed by atoms with Crippen molar-refractivity contribution in [3.05, 3.63) is 89.7 Å². The lowest BCUT2D eigenvalue weighted by atomic mass is 10.0. The van der Waals surface area contributed by atoms with Crippen LogP contribution < -0.4 is 0 Å². The van der Waals surface area contributed by atoms with Crippen LogP contribution in [-0.2, 0) is 0 Å². The first-order valence-electron chi connectivity index (χ1n) is 7.61. The van der Waals surface area contributed by atoms with Gasteiger partial charge in [0.1, 0.15) is 5.82 Å². The molecule has 0 amide bonds. The van der Waals surface area contributed by atoms with E-state index in [0.717, 1.165) is 21.6 Å². The summed E-state index contributed by atoms with van der Waals surface area (Å²) in [6, 6.07) is 15.2. The number of carbonyl (C=O) groups excluding carboxylic acids is 1. The minimum atomic E-state index is -0.294. The van der Waals surface area contributed by atoms with Crippen molar-refractivity contribution < 1.29 is 13.6 Å². The topological polar surface area (TPSA) is 43.1 Å². The zero-order valence-corrected chi connectivity index (χ0v) is 13.8. The maximum atomic E-state index is 13.3. The van der Waals surface area contributed by atoms with E-state index in [2.05, 4.69) is 4.98 Å². The molecule has 3 heterocycles. The molecule has 25 heavy (non-hydrogen) atoms. The van der Waals surface area contributed by atoms with Crippen LogP contribution in [0.3, 0.4) is 0 Å². The van der Waals surface area contributed by atoms with E-state index in [1.165, 1.54) is 29.7 Å². The van der Waals surface area contributed by atoms with Crippen LogP contribution in [0.2, 0.25) is 0 Å². The molecule has 0 fully saturated rings. The second-order valence-electron chi connectivity index (χ2n) is 5.40.